The van der Waals surface area contributed by atoms with Crippen LogP contribution in [-0.2, 0) is 4.74 Å². The first-order valence-electron chi connectivity index (χ1n) is 3.69. The monoisotopic (exact) mass is 138 g/mol. The van der Waals surface area contributed by atoms with E-state index in [0.29, 0.717) is 0 Å². The molecular weight excluding hydrogens is 128 g/mol. The van der Waals surface area contributed by atoms with E-state index in [0.717, 1.165) is 26.0 Å². The predicted molar refractivity (Wildman–Crippen MR) is 35.1 cm³/mol. The standard InChI is InChI=1S/C7H10N2O/c8-5-6-1-2-7-9(6)3-4-10-7/h6-7H,1-4H2. The smallest absolute Gasteiger partial charge is 0.111 e. The second-order valence-corrected chi connectivity index (χ2v) is 2.79. The number of ether oxygens (including phenoxy) is 1. The van der Waals surface area contributed by atoms with Gasteiger partial charge in [-0.1, -0.05) is 0 Å². The normalized spacial score (nSPS) is 39.5. The van der Waals surface area contributed by atoms with E-state index in [-0.39, 0.29) is 12.3 Å². The van der Waals surface area contributed by atoms with Gasteiger partial charge in [-0.25, -0.2) is 0 Å². The molecule has 54 valence electrons. The fourth-order valence-corrected chi connectivity index (χ4v) is 1.74. The Balaban J connectivity index is 2.10. The third-order valence-corrected chi connectivity index (χ3v) is 2.27. The second-order valence-electron chi connectivity index (χ2n) is 2.79. The highest BCUT2D eigenvalue weighted by molar-refractivity contribution is 4.99. The molecule has 0 saturated carbocycles. The Morgan fingerprint density at radius 3 is 3.20 bits per heavy atom. The van der Waals surface area contributed by atoms with Gasteiger partial charge in [0, 0.05) is 6.54 Å². The number of hydrogen-bond acceptors (Lipinski definition) is 3. The van der Waals surface area contributed by atoms with Crippen molar-refractivity contribution in [1.29, 1.82) is 5.26 Å². The lowest BCUT2D eigenvalue weighted by Gasteiger charge is -2.14. The van der Waals surface area contributed by atoms with Crippen LogP contribution in [0.1, 0.15) is 12.8 Å². The quantitative estimate of drug-likeness (QED) is 0.484. The maximum atomic E-state index is 8.67. The van der Waals surface area contributed by atoms with Gasteiger partial charge in [0.1, 0.15) is 6.23 Å². The summed E-state index contributed by atoms with van der Waals surface area (Å²) in [6, 6.07) is 2.41. The minimum atomic E-state index is 0.132. The van der Waals surface area contributed by atoms with Gasteiger partial charge in [-0.3, -0.25) is 4.90 Å². The zero-order valence-electron chi connectivity index (χ0n) is 5.79. The maximum absolute atomic E-state index is 8.67. The summed E-state index contributed by atoms with van der Waals surface area (Å²) in [4.78, 5) is 2.15. The van der Waals surface area contributed by atoms with Crippen molar-refractivity contribution in [2.24, 2.45) is 0 Å². The number of fused-ring (bicyclic) bond motifs is 1. The Morgan fingerprint density at radius 1 is 1.50 bits per heavy atom. The Kier molecular flexibility index (Phi) is 1.37. The molecule has 0 radical (unpaired) electrons. The molecule has 2 aliphatic heterocycles. The van der Waals surface area contributed by atoms with Crippen molar-refractivity contribution in [2.75, 3.05) is 13.2 Å². The first kappa shape index (κ1) is 6.14. The van der Waals surface area contributed by atoms with Crippen LogP contribution in [-0.4, -0.2) is 30.3 Å². The highest BCUT2D eigenvalue weighted by atomic mass is 16.5. The summed E-state index contributed by atoms with van der Waals surface area (Å²) in [5.74, 6) is 0. The average Bonchev–Trinajstić information content (AvgIpc) is 2.44. The molecule has 0 aromatic rings. The Hall–Kier alpha value is -0.590. The molecule has 2 unspecified atom stereocenters. The minimum absolute atomic E-state index is 0.132. The highest BCUT2D eigenvalue weighted by Gasteiger charge is 2.37. The molecule has 0 aromatic heterocycles. The zero-order chi connectivity index (χ0) is 6.97. The molecule has 0 spiro atoms. The van der Waals surface area contributed by atoms with Crippen LogP contribution in [0.2, 0.25) is 0 Å². The van der Waals surface area contributed by atoms with E-state index >= 15 is 0 Å². The third-order valence-electron chi connectivity index (χ3n) is 2.27. The number of nitrogens with zero attached hydrogens (tertiary/aromatic N) is 2. The van der Waals surface area contributed by atoms with E-state index < -0.39 is 0 Å². The van der Waals surface area contributed by atoms with E-state index in [4.69, 9.17) is 10.00 Å². The Bertz CT molecular complexity index is 175. The zero-order valence-corrected chi connectivity index (χ0v) is 5.79. The van der Waals surface area contributed by atoms with E-state index in [1.807, 2.05) is 0 Å². The summed E-state index contributed by atoms with van der Waals surface area (Å²) in [7, 11) is 0. The fourth-order valence-electron chi connectivity index (χ4n) is 1.74. The molecule has 0 bridgehead atoms. The van der Waals surface area contributed by atoms with Crippen LogP contribution >= 0.6 is 0 Å². The Morgan fingerprint density at radius 2 is 2.40 bits per heavy atom. The fraction of sp³-hybridized carbons (Fsp3) is 0.857. The molecule has 0 aliphatic carbocycles. The molecule has 0 N–H and O–H groups in total. The third kappa shape index (κ3) is 0.731. The van der Waals surface area contributed by atoms with Crippen molar-refractivity contribution < 1.29 is 4.74 Å². The van der Waals surface area contributed by atoms with Crippen LogP contribution in [0.15, 0.2) is 0 Å². The molecule has 0 aromatic carbocycles. The molecule has 2 aliphatic rings. The number of rotatable bonds is 0. The molecule has 2 saturated heterocycles. The molecule has 2 atom stereocenters. The van der Waals surface area contributed by atoms with Crippen molar-refractivity contribution in [3.63, 3.8) is 0 Å². The van der Waals surface area contributed by atoms with Crippen molar-refractivity contribution in [3.05, 3.63) is 0 Å². The van der Waals surface area contributed by atoms with Crippen LogP contribution in [0.25, 0.3) is 0 Å². The van der Waals surface area contributed by atoms with Crippen LogP contribution in [0.4, 0.5) is 0 Å². The Labute approximate surface area is 60.2 Å². The summed E-state index contributed by atoms with van der Waals surface area (Å²) in [6.07, 6.45) is 2.30. The summed E-state index contributed by atoms with van der Waals surface area (Å²) >= 11 is 0. The average molecular weight is 138 g/mol. The second kappa shape index (κ2) is 2.22. The lowest BCUT2D eigenvalue weighted by Crippen LogP contribution is -2.30. The van der Waals surface area contributed by atoms with Gasteiger partial charge in [0.15, 0.2) is 0 Å². The minimum Gasteiger partial charge on any atom is -0.362 e. The maximum Gasteiger partial charge on any atom is 0.111 e. The van der Waals surface area contributed by atoms with Crippen molar-refractivity contribution in [3.8, 4) is 6.07 Å². The van der Waals surface area contributed by atoms with E-state index in [9.17, 15) is 0 Å². The molecule has 2 fully saturated rings. The largest absolute Gasteiger partial charge is 0.362 e. The van der Waals surface area contributed by atoms with Gasteiger partial charge in [0.25, 0.3) is 0 Å². The molecule has 10 heavy (non-hydrogen) atoms. The topological polar surface area (TPSA) is 36.3 Å². The van der Waals surface area contributed by atoms with E-state index in [1.165, 1.54) is 0 Å². The van der Waals surface area contributed by atoms with Gasteiger partial charge in [-0.15, -0.1) is 0 Å². The summed E-state index contributed by atoms with van der Waals surface area (Å²) < 4.78 is 5.38. The van der Waals surface area contributed by atoms with Gasteiger partial charge in [0.2, 0.25) is 0 Å². The molecule has 2 heterocycles. The van der Waals surface area contributed by atoms with Gasteiger partial charge >= 0.3 is 0 Å². The van der Waals surface area contributed by atoms with Crippen molar-refractivity contribution in [2.45, 2.75) is 25.1 Å². The number of nitriles is 1. The molecular formula is C7H10N2O. The number of hydrogen-bond donors (Lipinski definition) is 0. The first-order valence-corrected chi connectivity index (χ1v) is 3.69. The van der Waals surface area contributed by atoms with Gasteiger partial charge in [-0.05, 0) is 12.8 Å². The SMILES string of the molecule is N#CC1CCC2OCCN12. The summed E-state index contributed by atoms with van der Waals surface area (Å²) in [5.41, 5.74) is 0. The molecule has 3 nitrogen and oxygen atoms in total. The molecule has 0 amide bonds. The van der Waals surface area contributed by atoms with Gasteiger partial charge in [0.05, 0.1) is 18.7 Å². The predicted octanol–water partition coefficient (Wildman–Crippen LogP) is 0.331. The van der Waals surface area contributed by atoms with Crippen LogP contribution < -0.4 is 0 Å². The van der Waals surface area contributed by atoms with Crippen LogP contribution in [0.5, 0.6) is 0 Å². The van der Waals surface area contributed by atoms with Crippen LogP contribution in [0, 0.1) is 11.3 Å². The lowest BCUT2D eigenvalue weighted by atomic mass is 10.2. The lowest BCUT2D eigenvalue weighted by molar-refractivity contribution is 0.0549. The van der Waals surface area contributed by atoms with Gasteiger partial charge in [-0.2, -0.15) is 5.26 Å². The summed E-state index contributed by atoms with van der Waals surface area (Å²) in [6.45, 7) is 1.76. The van der Waals surface area contributed by atoms with E-state index in [2.05, 4.69) is 11.0 Å². The van der Waals surface area contributed by atoms with Gasteiger partial charge < -0.3 is 4.74 Å². The summed E-state index contributed by atoms with van der Waals surface area (Å²) in [5, 5.41) is 8.67. The van der Waals surface area contributed by atoms with Crippen molar-refractivity contribution >= 4 is 0 Å². The highest BCUT2D eigenvalue weighted by Crippen LogP contribution is 2.27. The first-order chi connectivity index (χ1) is 4.92. The molecule has 2 rings (SSSR count). The molecule has 3 heteroatoms. The van der Waals surface area contributed by atoms with Crippen molar-refractivity contribution in [1.82, 2.24) is 4.90 Å². The van der Waals surface area contributed by atoms with E-state index in [1.54, 1.807) is 0 Å². The van der Waals surface area contributed by atoms with Crippen LogP contribution in [0.3, 0.4) is 0 Å².